The van der Waals surface area contributed by atoms with Gasteiger partial charge in [0.1, 0.15) is 23.3 Å². The fourth-order valence-electron chi connectivity index (χ4n) is 5.58. The van der Waals surface area contributed by atoms with Crippen molar-refractivity contribution in [1.82, 2.24) is 9.97 Å². The fraction of sp³-hybridized carbons (Fsp3) is 0.621. The summed E-state index contributed by atoms with van der Waals surface area (Å²) in [5.74, 6) is 3.21. The summed E-state index contributed by atoms with van der Waals surface area (Å²) in [6.45, 7) is 8.62. The number of carbonyl (C=O) groups excluding carboxylic acids is 1. The van der Waals surface area contributed by atoms with Gasteiger partial charge >= 0.3 is 0 Å². The molecule has 204 valence electrons. The molecular formula is C29H40N6O3. The lowest BCUT2D eigenvalue weighted by Crippen LogP contribution is -2.38. The van der Waals surface area contributed by atoms with E-state index in [0.29, 0.717) is 47.6 Å². The second kappa shape index (κ2) is 10.0. The Balaban J connectivity index is 1.28. The molecule has 0 aromatic carbocycles. The normalized spacial score (nSPS) is 20.9. The highest BCUT2D eigenvalue weighted by Crippen LogP contribution is 2.54. The molecule has 38 heavy (non-hydrogen) atoms. The second-order valence-electron chi connectivity index (χ2n) is 12.2. The third kappa shape index (κ3) is 5.59. The Morgan fingerprint density at radius 1 is 1.03 bits per heavy atom. The number of aliphatic hydroxyl groups excluding tert-OH is 1. The summed E-state index contributed by atoms with van der Waals surface area (Å²) < 4.78 is 5.53. The van der Waals surface area contributed by atoms with Crippen molar-refractivity contribution >= 4 is 29.2 Å². The van der Waals surface area contributed by atoms with Gasteiger partial charge in [0.15, 0.2) is 0 Å². The van der Waals surface area contributed by atoms with Gasteiger partial charge in [0.25, 0.3) is 5.91 Å². The number of piperidine rings is 1. The Labute approximate surface area is 225 Å². The Morgan fingerprint density at radius 3 is 2.42 bits per heavy atom. The molecule has 2 aromatic rings. The van der Waals surface area contributed by atoms with Crippen molar-refractivity contribution in [2.75, 3.05) is 66.4 Å². The average molecular weight is 521 g/mol. The van der Waals surface area contributed by atoms with Gasteiger partial charge in [0.05, 0.1) is 30.9 Å². The predicted molar refractivity (Wildman–Crippen MR) is 149 cm³/mol. The molecule has 4 fully saturated rings. The molecule has 2 aliphatic carbocycles. The van der Waals surface area contributed by atoms with Crippen LogP contribution in [0.25, 0.3) is 0 Å². The van der Waals surface area contributed by atoms with Crippen LogP contribution in [0.4, 0.5) is 23.3 Å². The van der Waals surface area contributed by atoms with E-state index >= 15 is 0 Å². The van der Waals surface area contributed by atoms with E-state index in [9.17, 15) is 9.90 Å². The third-order valence-corrected chi connectivity index (χ3v) is 8.52. The van der Waals surface area contributed by atoms with Gasteiger partial charge < -0.3 is 30.3 Å². The van der Waals surface area contributed by atoms with E-state index in [-0.39, 0.29) is 12.5 Å². The lowest BCUT2D eigenvalue weighted by atomic mass is 9.93. The van der Waals surface area contributed by atoms with E-state index in [1.54, 1.807) is 0 Å². The Kier molecular flexibility index (Phi) is 6.68. The quantitative estimate of drug-likeness (QED) is 0.480. The standard InChI is InChI=1S/C29H40N6O3/c1-28(2,19-36)33-23-6-5-22(26(31-23)35-11-9-29(7-8-29)10-12-35)27(37)32-24-17-21(20-3-4-20)18-25(30-24)34-13-15-38-16-14-34/h5-6,17-18,20,36H,3-4,7-16,19H2,1-2H3,(H,31,33)(H,30,32,37). The summed E-state index contributed by atoms with van der Waals surface area (Å²) in [5.41, 5.74) is 1.80. The first kappa shape index (κ1) is 25.4. The number of carbonyl (C=O) groups is 1. The molecule has 6 rings (SSSR count). The molecule has 9 heteroatoms. The van der Waals surface area contributed by atoms with Gasteiger partial charge in [0, 0.05) is 26.2 Å². The highest BCUT2D eigenvalue weighted by Gasteiger charge is 2.45. The Hall–Kier alpha value is -2.91. The molecule has 3 N–H and O–H groups in total. The molecule has 4 aliphatic rings. The highest BCUT2D eigenvalue weighted by molar-refractivity contribution is 6.07. The number of aromatic nitrogens is 2. The summed E-state index contributed by atoms with van der Waals surface area (Å²) >= 11 is 0. The third-order valence-electron chi connectivity index (χ3n) is 8.52. The monoisotopic (exact) mass is 520 g/mol. The number of nitrogens with one attached hydrogen (secondary N) is 2. The molecule has 4 heterocycles. The van der Waals surface area contributed by atoms with E-state index < -0.39 is 5.54 Å². The molecule has 9 nitrogen and oxygen atoms in total. The van der Waals surface area contributed by atoms with Crippen LogP contribution in [-0.2, 0) is 4.74 Å². The minimum atomic E-state index is -0.517. The van der Waals surface area contributed by atoms with Gasteiger partial charge in [-0.1, -0.05) is 0 Å². The zero-order valence-corrected chi connectivity index (χ0v) is 22.6. The molecule has 2 aliphatic heterocycles. The van der Waals surface area contributed by atoms with Crippen molar-refractivity contribution in [2.24, 2.45) is 5.41 Å². The first-order valence-corrected chi connectivity index (χ1v) is 14.1. The number of nitrogens with zero attached hydrogens (tertiary/aromatic N) is 4. The summed E-state index contributed by atoms with van der Waals surface area (Å²) in [5, 5.41) is 16.2. The van der Waals surface area contributed by atoms with Gasteiger partial charge in [-0.3, -0.25) is 4.79 Å². The van der Waals surface area contributed by atoms with Crippen LogP contribution < -0.4 is 20.4 Å². The van der Waals surface area contributed by atoms with E-state index in [1.807, 2.05) is 32.0 Å². The molecule has 2 saturated heterocycles. The molecule has 1 spiro atoms. The molecular weight excluding hydrogens is 480 g/mol. The summed E-state index contributed by atoms with van der Waals surface area (Å²) in [6, 6.07) is 7.89. The van der Waals surface area contributed by atoms with Crippen molar-refractivity contribution in [3.05, 3.63) is 35.4 Å². The molecule has 0 bridgehead atoms. The van der Waals surface area contributed by atoms with Crippen molar-refractivity contribution in [2.45, 2.75) is 63.8 Å². The molecule has 0 unspecified atom stereocenters. The maximum Gasteiger partial charge on any atom is 0.260 e. The van der Waals surface area contributed by atoms with Crippen molar-refractivity contribution in [3.63, 3.8) is 0 Å². The van der Waals surface area contributed by atoms with Crippen LogP contribution in [0, 0.1) is 5.41 Å². The molecule has 0 atom stereocenters. The average Bonchev–Trinajstić information content (AvgIpc) is 3.86. The smallest absolute Gasteiger partial charge is 0.260 e. The van der Waals surface area contributed by atoms with E-state index in [2.05, 4.69) is 26.5 Å². The summed E-state index contributed by atoms with van der Waals surface area (Å²) in [7, 11) is 0. The zero-order chi connectivity index (χ0) is 26.3. The number of hydrogen-bond donors (Lipinski definition) is 3. The van der Waals surface area contributed by atoms with Crippen LogP contribution in [0.15, 0.2) is 24.3 Å². The number of rotatable bonds is 8. The largest absolute Gasteiger partial charge is 0.394 e. The van der Waals surface area contributed by atoms with Gasteiger partial charge in [0.2, 0.25) is 0 Å². The number of ether oxygens (including phenoxy) is 1. The number of pyridine rings is 2. The maximum absolute atomic E-state index is 13.7. The minimum Gasteiger partial charge on any atom is -0.394 e. The lowest BCUT2D eigenvalue weighted by Gasteiger charge is -2.34. The Bertz CT molecular complexity index is 1180. The predicted octanol–water partition coefficient (Wildman–Crippen LogP) is 4.01. The van der Waals surface area contributed by atoms with Gasteiger partial charge in [-0.15, -0.1) is 0 Å². The fourth-order valence-corrected chi connectivity index (χ4v) is 5.58. The lowest BCUT2D eigenvalue weighted by molar-refractivity contribution is 0.102. The Morgan fingerprint density at radius 2 is 1.76 bits per heavy atom. The maximum atomic E-state index is 13.7. The van der Waals surface area contributed by atoms with Crippen LogP contribution in [0.3, 0.4) is 0 Å². The number of hydrogen-bond acceptors (Lipinski definition) is 8. The van der Waals surface area contributed by atoms with E-state index in [4.69, 9.17) is 14.7 Å². The highest BCUT2D eigenvalue weighted by atomic mass is 16.5. The van der Waals surface area contributed by atoms with Gasteiger partial charge in [-0.25, -0.2) is 9.97 Å². The number of morpholine rings is 1. The summed E-state index contributed by atoms with van der Waals surface area (Å²) in [6.07, 6.45) is 7.30. The minimum absolute atomic E-state index is 0.0209. The number of amides is 1. The van der Waals surface area contributed by atoms with E-state index in [0.717, 1.165) is 44.8 Å². The summed E-state index contributed by atoms with van der Waals surface area (Å²) in [4.78, 5) is 28.0. The molecule has 2 saturated carbocycles. The van der Waals surface area contributed by atoms with Crippen molar-refractivity contribution in [3.8, 4) is 0 Å². The zero-order valence-electron chi connectivity index (χ0n) is 22.6. The molecule has 2 aromatic heterocycles. The first-order chi connectivity index (χ1) is 18.3. The van der Waals surface area contributed by atoms with Crippen LogP contribution in [0.2, 0.25) is 0 Å². The van der Waals surface area contributed by atoms with Crippen LogP contribution in [0.5, 0.6) is 0 Å². The number of aliphatic hydroxyl groups is 1. The number of anilines is 4. The van der Waals surface area contributed by atoms with Crippen LogP contribution in [-0.4, -0.2) is 72.5 Å². The first-order valence-electron chi connectivity index (χ1n) is 14.1. The van der Waals surface area contributed by atoms with E-state index in [1.165, 1.54) is 31.2 Å². The second-order valence-corrected chi connectivity index (χ2v) is 12.2. The molecule has 0 radical (unpaired) electrons. The van der Waals surface area contributed by atoms with Crippen LogP contribution in [0.1, 0.15) is 74.2 Å². The molecule has 1 amide bonds. The topological polar surface area (TPSA) is 103 Å². The van der Waals surface area contributed by atoms with Gasteiger partial charge in [-0.2, -0.15) is 0 Å². The van der Waals surface area contributed by atoms with Gasteiger partial charge in [-0.05, 0) is 93.5 Å². The SMILES string of the molecule is CC(C)(CO)Nc1ccc(C(=O)Nc2cc(C3CC3)cc(N3CCOCC3)n2)c(N2CCC3(CC2)CC3)n1. The van der Waals surface area contributed by atoms with Crippen molar-refractivity contribution < 1.29 is 14.6 Å². The van der Waals surface area contributed by atoms with Crippen LogP contribution >= 0.6 is 0 Å². The van der Waals surface area contributed by atoms with Crippen molar-refractivity contribution in [1.29, 1.82) is 0 Å².